The van der Waals surface area contributed by atoms with Crippen molar-refractivity contribution >= 4 is 40.2 Å². The van der Waals surface area contributed by atoms with Crippen molar-refractivity contribution in [2.45, 2.75) is 37.0 Å². The highest BCUT2D eigenvalue weighted by Crippen LogP contribution is 2.28. The summed E-state index contributed by atoms with van der Waals surface area (Å²) in [5.41, 5.74) is 0.676. The standard InChI is InChI=1S/C21H28ClN3O2S/c1-24-18-13-16(22)7-8-17(18)19(14-21(24)27)28-15-20(26)23-9-6-12-25-10-4-2-3-5-11-25/h7-8,13-14H,2-6,9-12,15H2,1H3,(H,23,26). The lowest BCUT2D eigenvalue weighted by atomic mass is 10.2. The molecule has 1 amide bonds. The van der Waals surface area contributed by atoms with Gasteiger partial charge < -0.3 is 14.8 Å². The molecule has 3 rings (SSSR count). The topological polar surface area (TPSA) is 54.3 Å². The quantitative estimate of drug-likeness (QED) is 0.547. The number of carbonyl (C=O) groups is 1. The number of hydrogen-bond donors (Lipinski definition) is 1. The van der Waals surface area contributed by atoms with E-state index in [4.69, 9.17) is 11.6 Å². The summed E-state index contributed by atoms with van der Waals surface area (Å²) in [4.78, 5) is 27.7. The van der Waals surface area contributed by atoms with Crippen LogP contribution in [-0.4, -0.2) is 47.3 Å². The molecule has 1 fully saturated rings. The second-order valence-electron chi connectivity index (χ2n) is 7.32. The van der Waals surface area contributed by atoms with Crippen molar-refractivity contribution in [2.75, 3.05) is 31.9 Å². The van der Waals surface area contributed by atoms with E-state index >= 15 is 0 Å². The summed E-state index contributed by atoms with van der Waals surface area (Å²) in [6, 6.07) is 7.08. The zero-order valence-electron chi connectivity index (χ0n) is 16.4. The summed E-state index contributed by atoms with van der Waals surface area (Å²) in [6.45, 7) is 4.12. The number of carbonyl (C=O) groups excluding carboxylic acids is 1. The third-order valence-corrected chi connectivity index (χ3v) is 6.49. The number of halogens is 1. The number of benzene rings is 1. The molecule has 1 aromatic heterocycles. The van der Waals surface area contributed by atoms with Gasteiger partial charge in [0.25, 0.3) is 5.56 Å². The molecule has 28 heavy (non-hydrogen) atoms. The van der Waals surface area contributed by atoms with Crippen molar-refractivity contribution < 1.29 is 4.79 Å². The maximum Gasteiger partial charge on any atom is 0.251 e. The van der Waals surface area contributed by atoms with E-state index < -0.39 is 0 Å². The van der Waals surface area contributed by atoms with Gasteiger partial charge in [-0.1, -0.05) is 30.5 Å². The fraction of sp³-hybridized carbons (Fsp3) is 0.524. The van der Waals surface area contributed by atoms with Gasteiger partial charge in [0, 0.05) is 35.0 Å². The molecular formula is C21H28ClN3O2S. The molecule has 5 nitrogen and oxygen atoms in total. The summed E-state index contributed by atoms with van der Waals surface area (Å²) in [5.74, 6) is 0.304. The fourth-order valence-electron chi connectivity index (χ4n) is 3.60. The Morgan fingerprint density at radius 2 is 1.93 bits per heavy atom. The summed E-state index contributed by atoms with van der Waals surface area (Å²) >= 11 is 7.47. The predicted octanol–water partition coefficient (Wildman–Crippen LogP) is 3.67. The minimum absolute atomic E-state index is 0.00339. The molecule has 1 aromatic carbocycles. The predicted molar refractivity (Wildman–Crippen MR) is 117 cm³/mol. The Balaban J connectivity index is 1.49. The second kappa shape index (κ2) is 10.3. The number of hydrogen-bond acceptors (Lipinski definition) is 4. The number of amides is 1. The van der Waals surface area contributed by atoms with Gasteiger partial charge in [0.05, 0.1) is 11.3 Å². The first kappa shape index (κ1) is 21.2. The smallest absolute Gasteiger partial charge is 0.251 e. The van der Waals surface area contributed by atoms with Crippen LogP contribution in [0.25, 0.3) is 10.9 Å². The van der Waals surface area contributed by atoms with Crippen LogP contribution >= 0.6 is 23.4 Å². The van der Waals surface area contributed by atoms with E-state index in [0.29, 0.717) is 17.3 Å². The zero-order valence-corrected chi connectivity index (χ0v) is 18.0. The summed E-state index contributed by atoms with van der Waals surface area (Å²) in [6.07, 6.45) is 6.24. The maximum absolute atomic E-state index is 12.2. The van der Waals surface area contributed by atoms with Gasteiger partial charge in [-0.3, -0.25) is 9.59 Å². The third kappa shape index (κ3) is 5.75. The second-order valence-corrected chi connectivity index (χ2v) is 8.77. The molecule has 152 valence electrons. The third-order valence-electron chi connectivity index (χ3n) is 5.20. The lowest BCUT2D eigenvalue weighted by Crippen LogP contribution is -2.31. The summed E-state index contributed by atoms with van der Waals surface area (Å²) in [7, 11) is 1.73. The first-order chi connectivity index (χ1) is 13.5. The number of aryl methyl sites for hydroxylation is 1. The number of thioether (sulfide) groups is 1. The van der Waals surface area contributed by atoms with Crippen LogP contribution < -0.4 is 10.9 Å². The first-order valence-corrected chi connectivity index (χ1v) is 11.3. The number of nitrogens with one attached hydrogen (secondary N) is 1. The number of pyridine rings is 1. The van der Waals surface area contributed by atoms with Gasteiger partial charge in [-0.05, 0) is 51.0 Å². The van der Waals surface area contributed by atoms with Crippen LogP contribution in [0.2, 0.25) is 5.02 Å². The molecule has 1 N–H and O–H groups in total. The number of aromatic nitrogens is 1. The van der Waals surface area contributed by atoms with E-state index in [1.54, 1.807) is 29.8 Å². The maximum atomic E-state index is 12.2. The van der Waals surface area contributed by atoms with Crippen molar-refractivity contribution in [1.82, 2.24) is 14.8 Å². The zero-order chi connectivity index (χ0) is 19.9. The number of nitrogens with zero attached hydrogens (tertiary/aromatic N) is 2. The molecule has 1 aliphatic rings. The average molecular weight is 422 g/mol. The van der Waals surface area contributed by atoms with Gasteiger partial charge in [0.15, 0.2) is 0 Å². The molecule has 0 aliphatic carbocycles. The lowest BCUT2D eigenvalue weighted by molar-refractivity contribution is -0.118. The van der Waals surface area contributed by atoms with Gasteiger partial charge in [-0.2, -0.15) is 0 Å². The molecule has 1 saturated heterocycles. The lowest BCUT2D eigenvalue weighted by Gasteiger charge is -2.19. The Labute approximate surface area is 175 Å². The van der Waals surface area contributed by atoms with E-state index in [9.17, 15) is 9.59 Å². The Morgan fingerprint density at radius 3 is 2.68 bits per heavy atom. The molecule has 2 heterocycles. The van der Waals surface area contributed by atoms with Crippen LogP contribution in [0, 0.1) is 0 Å². The average Bonchev–Trinajstić information content (AvgIpc) is 2.96. The minimum Gasteiger partial charge on any atom is -0.355 e. The van der Waals surface area contributed by atoms with E-state index in [1.165, 1.54) is 50.5 Å². The number of rotatable bonds is 7. The minimum atomic E-state index is -0.102. The van der Waals surface area contributed by atoms with E-state index in [-0.39, 0.29) is 11.5 Å². The van der Waals surface area contributed by atoms with Crippen molar-refractivity contribution in [3.8, 4) is 0 Å². The van der Waals surface area contributed by atoms with Crippen molar-refractivity contribution in [2.24, 2.45) is 7.05 Å². The van der Waals surface area contributed by atoms with Gasteiger partial charge in [0.1, 0.15) is 0 Å². The van der Waals surface area contributed by atoms with Crippen LogP contribution in [0.5, 0.6) is 0 Å². The van der Waals surface area contributed by atoms with E-state index in [2.05, 4.69) is 10.2 Å². The molecule has 0 saturated carbocycles. The molecular weight excluding hydrogens is 394 g/mol. The van der Waals surface area contributed by atoms with Gasteiger partial charge >= 0.3 is 0 Å². The molecule has 0 bridgehead atoms. The summed E-state index contributed by atoms with van der Waals surface area (Å²) in [5, 5.41) is 4.53. The fourth-order valence-corrected chi connectivity index (χ4v) is 4.67. The molecule has 0 spiro atoms. The van der Waals surface area contributed by atoms with Crippen LogP contribution in [-0.2, 0) is 11.8 Å². The van der Waals surface area contributed by atoms with Crippen LogP contribution in [0.1, 0.15) is 32.1 Å². The van der Waals surface area contributed by atoms with E-state index in [0.717, 1.165) is 28.8 Å². The molecule has 1 aliphatic heterocycles. The highest BCUT2D eigenvalue weighted by atomic mass is 35.5. The Kier molecular flexibility index (Phi) is 7.82. The first-order valence-electron chi connectivity index (χ1n) is 9.96. The van der Waals surface area contributed by atoms with Crippen molar-refractivity contribution in [3.05, 3.63) is 39.6 Å². The largest absolute Gasteiger partial charge is 0.355 e. The number of fused-ring (bicyclic) bond motifs is 1. The molecule has 7 heteroatoms. The normalized spacial score (nSPS) is 15.5. The molecule has 0 atom stereocenters. The Morgan fingerprint density at radius 1 is 1.18 bits per heavy atom. The van der Waals surface area contributed by atoms with Crippen molar-refractivity contribution in [3.63, 3.8) is 0 Å². The van der Waals surface area contributed by atoms with Gasteiger partial charge in [-0.15, -0.1) is 11.8 Å². The van der Waals surface area contributed by atoms with Crippen molar-refractivity contribution in [1.29, 1.82) is 0 Å². The molecule has 2 aromatic rings. The van der Waals surface area contributed by atoms with E-state index in [1.807, 2.05) is 6.07 Å². The Bertz CT molecular complexity index is 876. The van der Waals surface area contributed by atoms with Crippen LogP contribution in [0.3, 0.4) is 0 Å². The highest BCUT2D eigenvalue weighted by molar-refractivity contribution is 8.00. The van der Waals surface area contributed by atoms with Crippen LogP contribution in [0.15, 0.2) is 34.0 Å². The molecule has 0 radical (unpaired) electrons. The van der Waals surface area contributed by atoms with Crippen LogP contribution in [0.4, 0.5) is 0 Å². The number of likely N-dealkylation sites (tertiary alicyclic amines) is 1. The summed E-state index contributed by atoms with van der Waals surface area (Å²) < 4.78 is 1.58. The van der Waals surface area contributed by atoms with Gasteiger partial charge in [-0.25, -0.2) is 0 Å². The Hall–Kier alpha value is -1.50. The van der Waals surface area contributed by atoms with Gasteiger partial charge in [0.2, 0.25) is 5.91 Å². The highest BCUT2D eigenvalue weighted by Gasteiger charge is 2.11. The SMILES string of the molecule is Cn1c(=O)cc(SCC(=O)NCCCN2CCCCCC2)c2ccc(Cl)cc21. The molecule has 0 unspecified atom stereocenters. The monoisotopic (exact) mass is 421 g/mol.